The maximum atomic E-state index is 13.2. The van der Waals surface area contributed by atoms with Crippen LogP contribution in [0.1, 0.15) is 37.7 Å². The molecule has 0 aromatic heterocycles. The fourth-order valence-electron chi connectivity index (χ4n) is 3.75. The summed E-state index contributed by atoms with van der Waals surface area (Å²) in [6.45, 7) is 0. The van der Waals surface area contributed by atoms with Crippen molar-refractivity contribution in [2.75, 3.05) is 24.8 Å². The first-order chi connectivity index (χ1) is 11.3. The molecule has 1 aliphatic heterocycles. The summed E-state index contributed by atoms with van der Waals surface area (Å²) in [6.07, 6.45) is 6.10. The minimum Gasteiger partial charge on any atom is -0.342 e. The van der Waals surface area contributed by atoms with Gasteiger partial charge in [0.1, 0.15) is 0 Å². The molecule has 0 N–H and O–H groups in total. The number of hydrogen-bond acceptors (Lipinski definition) is 4. The van der Waals surface area contributed by atoms with Crippen LogP contribution >= 0.6 is 11.8 Å². The fourth-order valence-corrected chi connectivity index (χ4v) is 5.47. The van der Waals surface area contributed by atoms with Crippen molar-refractivity contribution in [2.24, 2.45) is 0 Å². The van der Waals surface area contributed by atoms with Crippen LogP contribution in [0.3, 0.4) is 0 Å². The van der Waals surface area contributed by atoms with E-state index >= 15 is 0 Å². The molecule has 1 aliphatic carbocycles. The number of hydrogen-bond donors (Lipinski definition) is 0. The van der Waals surface area contributed by atoms with Crippen LogP contribution in [0.15, 0.2) is 29.2 Å². The Morgan fingerprint density at radius 1 is 1.17 bits per heavy atom. The second-order valence-electron chi connectivity index (χ2n) is 6.99. The lowest BCUT2D eigenvalue weighted by molar-refractivity contribution is -0.141. The van der Waals surface area contributed by atoms with Crippen molar-refractivity contribution < 1.29 is 13.2 Å². The van der Waals surface area contributed by atoms with Gasteiger partial charge in [-0.1, -0.05) is 18.6 Å². The molecular formula is C18H25NO3S2. The number of thioether (sulfide) groups is 1. The Balaban J connectivity index is 1.84. The van der Waals surface area contributed by atoms with Crippen molar-refractivity contribution >= 4 is 27.5 Å². The summed E-state index contributed by atoms with van der Waals surface area (Å²) in [7, 11) is -1.27. The van der Waals surface area contributed by atoms with Gasteiger partial charge in [0.15, 0.2) is 9.84 Å². The summed E-state index contributed by atoms with van der Waals surface area (Å²) in [6, 6.07) is 7.27. The number of sulfone groups is 1. The molecule has 0 atom stereocenters. The number of likely N-dealkylation sites (N-methyl/N-ethyl adjacent to an activating group) is 1. The van der Waals surface area contributed by atoms with Crippen molar-refractivity contribution in [1.82, 2.24) is 4.90 Å². The highest BCUT2D eigenvalue weighted by atomic mass is 32.2. The Labute approximate surface area is 148 Å². The minimum absolute atomic E-state index is 0.206. The molecule has 132 valence electrons. The molecule has 4 nitrogen and oxygen atoms in total. The van der Waals surface area contributed by atoms with Gasteiger partial charge in [-0.25, -0.2) is 8.42 Å². The van der Waals surface area contributed by atoms with Gasteiger partial charge in [0.2, 0.25) is 5.91 Å². The molecule has 24 heavy (non-hydrogen) atoms. The molecule has 6 heteroatoms. The molecule has 1 saturated carbocycles. The first-order valence-electron chi connectivity index (χ1n) is 8.50. The SMILES string of the molecule is CN(C(=O)C1(c2ccc(S(C)(=O)=O)cc2)CCC1)C1CCSCC1. The van der Waals surface area contributed by atoms with Crippen molar-refractivity contribution in [2.45, 2.75) is 48.5 Å². The lowest BCUT2D eigenvalue weighted by Gasteiger charge is -2.45. The Morgan fingerprint density at radius 3 is 2.21 bits per heavy atom. The highest BCUT2D eigenvalue weighted by Crippen LogP contribution is 2.46. The average molecular weight is 368 g/mol. The zero-order chi connectivity index (χ0) is 17.4. The largest absolute Gasteiger partial charge is 0.342 e. The molecule has 1 heterocycles. The number of amides is 1. The number of nitrogens with zero attached hydrogens (tertiary/aromatic N) is 1. The molecule has 2 fully saturated rings. The second kappa shape index (κ2) is 6.71. The van der Waals surface area contributed by atoms with Gasteiger partial charge >= 0.3 is 0 Å². The van der Waals surface area contributed by atoms with Crippen LogP contribution in [0.5, 0.6) is 0 Å². The van der Waals surface area contributed by atoms with Crippen LogP contribution in [0, 0.1) is 0 Å². The molecule has 1 aromatic carbocycles. The van der Waals surface area contributed by atoms with Gasteiger partial charge in [0, 0.05) is 19.3 Å². The quantitative estimate of drug-likeness (QED) is 0.821. The highest BCUT2D eigenvalue weighted by Gasteiger charge is 2.48. The van der Waals surface area contributed by atoms with Gasteiger partial charge in [0.05, 0.1) is 10.3 Å². The molecule has 0 spiro atoms. The third-order valence-electron chi connectivity index (χ3n) is 5.51. The second-order valence-corrected chi connectivity index (χ2v) is 10.2. The summed E-state index contributed by atoms with van der Waals surface area (Å²) in [5.41, 5.74) is 0.512. The molecular weight excluding hydrogens is 342 g/mol. The summed E-state index contributed by atoms with van der Waals surface area (Å²) in [5, 5.41) is 0. The van der Waals surface area contributed by atoms with Gasteiger partial charge in [-0.2, -0.15) is 11.8 Å². The van der Waals surface area contributed by atoms with Crippen LogP contribution in [0.4, 0.5) is 0 Å². The van der Waals surface area contributed by atoms with E-state index in [2.05, 4.69) is 0 Å². The van der Waals surface area contributed by atoms with E-state index in [9.17, 15) is 13.2 Å². The van der Waals surface area contributed by atoms with Gasteiger partial charge in [-0.05, 0) is 54.9 Å². The van der Waals surface area contributed by atoms with Crippen LogP contribution in [0.25, 0.3) is 0 Å². The minimum atomic E-state index is -3.21. The molecule has 0 unspecified atom stereocenters. The van der Waals surface area contributed by atoms with Gasteiger partial charge in [-0.3, -0.25) is 4.79 Å². The zero-order valence-electron chi connectivity index (χ0n) is 14.3. The maximum Gasteiger partial charge on any atom is 0.233 e. The summed E-state index contributed by atoms with van der Waals surface area (Å²) in [5.74, 6) is 2.45. The van der Waals surface area contributed by atoms with Crippen molar-refractivity contribution in [3.63, 3.8) is 0 Å². The highest BCUT2D eigenvalue weighted by molar-refractivity contribution is 7.99. The average Bonchev–Trinajstić information content (AvgIpc) is 2.53. The molecule has 0 bridgehead atoms. The summed E-state index contributed by atoms with van der Waals surface area (Å²) >= 11 is 1.96. The van der Waals surface area contributed by atoms with Gasteiger partial charge in [0.25, 0.3) is 0 Å². The Kier molecular flexibility index (Phi) is 4.98. The van der Waals surface area contributed by atoms with E-state index in [-0.39, 0.29) is 5.91 Å². The van der Waals surface area contributed by atoms with Crippen LogP contribution in [-0.4, -0.2) is 50.1 Å². The first-order valence-corrected chi connectivity index (χ1v) is 11.5. The van der Waals surface area contributed by atoms with E-state index in [1.54, 1.807) is 12.1 Å². The monoisotopic (exact) mass is 367 g/mol. The van der Waals surface area contributed by atoms with E-state index in [1.165, 1.54) is 6.26 Å². The predicted molar refractivity (Wildman–Crippen MR) is 98.2 cm³/mol. The van der Waals surface area contributed by atoms with E-state index < -0.39 is 15.3 Å². The van der Waals surface area contributed by atoms with Crippen LogP contribution in [-0.2, 0) is 20.0 Å². The zero-order valence-corrected chi connectivity index (χ0v) is 16.0. The standard InChI is InChI=1S/C18H25NO3S2/c1-19(15-8-12-23-13-9-15)17(20)18(10-3-11-18)14-4-6-16(7-5-14)24(2,21)22/h4-7,15H,3,8-13H2,1-2H3. The third-order valence-corrected chi connectivity index (χ3v) is 7.69. The molecule has 1 saturated heterocycles. The lowest BCUT2D eigenvalue weighted by Crippen LogP contribution is -2.53. The Bertz CT molecular complexity index is 702. The van der Waals surface area contributed by atoms with Crippen molar-refractivity contribution in [3.05, 3.63) is 29.8 Å². The Hall–Kier alpha value is -1.01. The van der Waals surface area contributed by atoms with E-state index in [0.29, 0.717) is 10.9 Å². The molecule has 3 rings (SSSR count). The molecule has 2 aliphatic rings. The maximum absolute atomic E-state index is 13.2. The van der Waals surface area contributed by atoms with Crippen molar-refractivity contribution in [3.8, 4) is 0 Å². The molecule has 1 amide bonds. The first kappa shape index (κ1) is 17.8. The topological polar surface area (TPSA) is 54.5 Å². The molecule has 0 radical (unpaired) electrons. The van der Waals surface area contributed by atoms with E-state index in [0.717, 1.165) is 49.2 Å². The fraction of sp³-hybridized carbons (Fsp3) is 0.611. The van der Waals surface area contributed by atoms with Gasteiger partial charge < -0.3 is 4.90 Å². The van der Waals surface area contributed by atoms with Crippen LogP contribution < -0.4 is 0 Å². The number of carbonyl (C=O) groups is 1. The van der Waals surface area contributed by atoms with E-state index in [4.69, 9.17) is 0 Å². The number of carbonyl (C=O) groups excluding carboxylic acids is 1. The Morgan fingerprint density at radius 2 is 1.75 bits per heavy atom. The molecule has 1 aromatic rings. The summed E-state index contributed by atoms with van der Waals surface area (Å²) < 4.78 is 23.3. The van der Waals surface area contributed by atoms with Crippen molar-refractivity contribution in [1.29, 1.82) is 0 Å². The smallest absolute Gasteiger partial charge is 0.233 e. The third kappa shape index (κ3) is 3.23. The number of rotatable bonds is 4. The summed E-state index contributed by atoms with van der Waals surface area (Å²) in [4.78, 5) is 15.5. The van der Waals surface area contributed by atoms with Gasteiger partial charge in [-0.15, -0.1) is 0 Å². The predicted octanol–water partition coefficient (Wildman–Crippen LogP) is 2.87. The normalized spacial score (nSPS) is 21.1. The number of benzene rings is 1. The van der Waals surface area contributed by atoms with Crippen LogP contribution in [0.2, 0.25) is 0 Å². The lowest BCUT2D eigenvalue weighted by atomic mass is 9.63. The van der Waals surface area contributed by atoms with E-state index in [1.807, 2.05) is 35.8 Å².